The topological polar surface area (TPSA) is 68.0 Å². The van der Waals surface area contributed by atoms with Crippen molar-refractivity contribution in [1.82, 2.24) is 9.97 Å². The van der Waals surface area contributed by atoms with Gasteiger partial charge in [0.15, 0.2) is 17.2 Å². The summed E-state index contributed by atoms with van der Waals surface area (Å²) in [4.78, 5) is 7.82. The van der Waals surface area contributed by atoms with Crippen molar-refractivity contribution in [2.24, 2.45) is 0 Å². The molecule has 2 rings (SSSR count). The molecule has 1 aromatic carbocycles. The summed E-state index contributed by atoms with van der Waals surface area (Å²) in [7, 11) is 1.56. The summed E-state index contributed by atoms with van der Waals surface area (Å²) in [6.45, 7) is 0. The summed E-state index contributed by atoms with van der Waals surface area (Å²) >= 11 is 0. The van der Waals surface area contributed by atoms with Gasteiger partial charge in [-0.05, 0) is 12.1 Å². The Hall–Kier alpha value is -2.61. The Kier molecular flexibility index (Phi) is 3.17. The Labute approximate surface area is 98.3 Å². The first-order chi connectivity index (χ1) is 8.33. The first-order valence-corrected chi connectivity index (χ1v) is 4.86. The van der Waals surface area contributed by atoms with Crippen LogP contribution in [0.2, 0.25) is 0 Å². The fourth-order valence-electron chi connectivity index (χ4n) is 1.24. The van der Waals surface area contributed by atoms with Crippen LogP contribution in [0.3, 0.4) is 0 Å². The van der Waals surface area contributed by atoms with Gasteiger partial charge in [0, 0.05) is 0 Å². The average Bonchev–Trinajstić information content (AvgIpc) is 2.40. The number of rotatable bonds is 3. The number of methoxy groups -OCH3 is 1. The second-order valence-electron chi connectivity index (χ2n) is 3.10. The maximum atomic E-state index is 8.59. The summed E-state index contributed by atoms with van der Waals surface area (Å²) in [5.41, 5.74) is 0.248. The first kappa shape index (κ1) is 10.9. The molecule has 0 fully saturated rings. The number of hydrogen-bond donors (Lipinski definition) is 0. The number of ether oxygens (including phenoxy) is 2. The summed E-state index contributed by atoms with van der Waals surface area (Å²) in [5, 5.41) is 8.59. The molecule has 0 atom stereocenters. The van der Waals surface area contributed by atoms with Gasteiger partial charge in [-0.15, -0.1) is 0 Å². The lowest BCUT2D eigenvalue weighted by atomic mass is 10.3. The molecule has 0 aliphatic carbocycles. The Morgan fingerprint density at radius 3 is 2.47 bits per heavy atom. The van der Waals surface area contributed by atoms with Crippen molar-refractivity contribution in [1.29, 1.82) is 5.26 Å². The Balaban J connectivity index is 2.22. The van der Waals surface area contributed by atoms with E-state index in [1.54, 1.807) is 19.2 Å². The maximum absolute atomic E-state index is 8.59. The molecular formula is C12H9N3O2. The molecule has 0 aliphatic rings. The van der Waals surface area contributed by atoms with Crippen LogP contribution in [0.5, 0.6) is 17.4 Å². The van der Waals surface area contributed by atoms with Crippen LogP contribution in [0.25, 0.3) is 0 Å². The largest absolute Gasteiger partial charge is 0.493 e. The molecule has 5 heteroatoms. The molecule has 1 heterocycles. The zero-order valence-electron chi connectivity index (χ0n) is 9.12. The number of nitrogens with zero attached hydrogens (tertiary/aromatic N) is 3. The van der Waals surface area contributed by atoms with Gasteiger partial charge in [0.2, 0.25) is 5.88 Å². The van der Waals surface area contributed by atoms with Crippen molar-refractivity contribution in [2.45, 2.75) is 0 Å². The van der Waals surface area contributed by atoms with Gasteiger partial charge >= 0.3 is 0 Å². The minimum atomic E-state index is 0.248. The van der Waals surface area contributed by atoms with E-state index in [1.807, 2.05) is 18.2 Å². The van der Waals surface area contributed by atoms with Crippen LogP contribution >= 0.6 is 0 Å². The van der Waals surface area contributed by atoms with E-state index in [-0.39, 0.29) is 5.69 Å². The van der Waals surface area contributed by atoms with Crippen molar-refractivity contribution < 1.29 is 9.47 Å². The van der Waals surface area contributed by atoms with Crippen LogP contribution < -0.4 is 9.47 Å². The van der Waals surface area contributed by atoms with Crippen molar-refractivity contribution in [3.63, 3.8) is 0 Å². The van der Waals surface area contributed by atoms with E-state index in [0.29, 0.717) is 17.4 Å². The van der Waals surface area contributed by atoms with Crippen LogP contribution in [-0.4, -0.2) is 17.1 Å². The minimum Gasteiger partial charge on any atom is -0.493 e. The third kappa shape index (κ3) is 2.49. The lowest BCUT2D eigenvalue weighted by Gasteiger charge is -2.08. The molecule has 84 valence electrons. The average molecular weight is 227 g/mol. The molecule has 5 nitrogen and oxygen atoms in total. The standard InChI is InChI=1S/C12H9N3O2/c1-16-10-4-2-3-5-11(10)17-12-8-14-9(6-13)7-15-12/h2-5,7-8H,1H3. The molecule has 0 spiro atoms. The SMILES string of the molecule is COc1ccccc1Oc1cnc(C#N)cn1. The zero-order valence-corrected chi connectivity index (χ0v) is 9.12. The van der Waals surface area contributed by atoms with Crippen molar-refractivity contribution >= 4 is 0 Å². The molecule has 17 heavy (non-hydrogen) atoms. The highest BCUT2D eigenvalue weighted by Gasteiger charge is 2.05. The Morgan fingerprint density at radius 2 is 1.88 bits per heavy atom. The summed E-state index contributed by atoms with van der Waals surface area (Å²) < 4.78 is 10.6. The van der Waals surface area contributed by atoms with Gasteiger partial charge in [-0.1, -0.05) is 12.1 Å². The molecule has 0 saturated heterocycles. The van der Waals surface area contributed by atoms with Gasteiger partial charge in [0.05, 0.1) is 19.5 Å². The second-order valence-corrected chi connectivity index (χ2v) is 3.10. The van der Waals surface area contributed by atoms with E-state index in [2.05, 4.69) is 9.97 Å². The fraction of sp³-hybridized carbons (Fsp3) is 0.0833. The molecule has 0 radical (unpaired) electrons. The Bertz CT molecular complexity index is 546. The molecule has 0 amide bonds. The van der Waals surface area contributed by atoms with Crippen LogP contribution in [-0.2, 0) is 0 Å². The van der Waals surface area contributed by atoms with E-state index < -0.39 is 0 Å². The molecule has 1 aromatic heterocycles. The molecule has 0 unspecified atom stereocenters. The quantitative estimate of drug-likeness (QED) is 0.803. The van der Waals surface area contributed by atoms with Crippen molar-refractivity contribution in [2.75, 3.05) is 7.11 Å². The van der Waals surface area contributed by atoms with Gasteiger partial charge in [0.1, 0.15) is 6.07 Å². The summed E-state index contributed by atoms with van der Waals surface area (Å²) in [6, 6.07) is 9.11. The van der Waals surface area contributed by atoms with Crippen molar-refractivity contribution in [3.05, 3.63) is 42.4 Å². The number of hydrogen-bond acceptors (Lipinski definition) is 5. The van der Waals surface area contributed by atoms with Crippen LogP contribution in [0.1, 0.15) is 5.69 Å². The third-order valence-electron chi connectivity index (χ3n) is 2.03. The normalized spacial score (nSPS) is 9.41. The monoisotopic (exact) mass is 227 g/mol. The zero-order chi connectivity index (χ0) is 12.1. The summed E-state index contributed by atoms with van der Waals surface area (Å²) in [5.74, 6) is 1.47. The number of para-hydroxylation sites is 2. The predicted octanol–water partition coefficient (Wildman–Crippen LogP) is 2.15. The highest BCUT2D eigenvalue weighted by Crippen LogP contribution is 2.29. The lowest BCUT2D eigenvalue weighted by molar-refractivity contribution is 0.373. The highest BCUT2D eigenvalue weighted by molar-refractivity contribution is 5.41. The smallest absolute Gasteiger partial charge is 0.238 e. The first-order valence-electron chi connectivity index (χ1n) is 4.86. The molecule has 0 bridgehead atoms. The third-order valence-corrected chi connectivity index (χ3v) is 2.03. The van der Waals surface area contributed by atoms with Gasteiger partial charge in [-0.25, -0.2) is 9.97 Å². The van der Waals surface area contributed by atoms with Crippen LogP contribution in [0.4, 0.5) is 0 Å². The number of aromatic nitrogens is 2. The summed E-state index contributed by atoms with van der Waals surface area (Å²) in [6.07, 6.45) is 2.75. The van der Waals surface area contributed by atoms with Crippen LogP contribution in [0, 0.1) is 11.3 Å². The molecule has 0 aliphatic heterocycles. The van der Waals surface area contributed by atoms with Crippen LogP contribution in [0.15, 0.2) is 36.7 Å². The fourth-order valence-corrected chi connectivity index (χ4v) is 1.24. The van der Waals surface area contributed by atoms with Gasteiger partial charge in [0.25, 0.3) is 0 Å². The second kappa shape index (κ2) is 4.94. The Morgan fingerprint density at radius 1 is 1.12 bits per heavy atom. The van der Waals surface area contributed by atoms with E-state index >= 15 is 0 Å². The number of nitriles is 1. The van der Waals surface area contributed by atoms with E-state index in [1.165, 1.54) is 12.4 Å². The molecule has 0 saturated carbocycles. The predicted molar refractivity (Wildman–Crippen MR) is 59.8 cm³/mol. The maximum Gasteiger partial charge on any atom is 0.238 e. The molecular weight excluding hydrogens is 218 g/mol. The number of benzene rings is 1. The highest BCUT2D eigenvalue weighted by atomic mass is 16.5. The van der Waals surface area contributed by atoms with Gasteiger partial charge in [-0.2, -0.15) is 5.26 Å². The van der Waals surface area contributed by atoms with E-state index in [4.69, 9.17) is 14.7 Å². The van der Waals surface area contributed by atoms with Gasteiger partial charge < -0.3 is 9.47 Å². The lowest BCUT2D eigenvalue weighted by Crippen LogP contribution is -1.93. The van der Waals surface area contributed by atoms with E-state index in [9.17, 15) is 0 Å². The molecule has 0 N–H and O–H groups in total. The molecule has 2 aromatic rings. The minimum absolute atomic E-state index is 0.248. The van der Waals surface area contributed by atoms with Crippen molar-refractivity contribution in [3.8, 4) is 23.4 Å². The van der Waals surface area contributed by atoms with Gasteiger partial charge in [-0.3, -0.25) is 0 Å². The van der Waals surface area contributed by atoms with E-state index in [0.717, 1.165) is 0 Å².